The van der Waals surface area contributed by atoms with Crippen LogP contribution in [0.2, 0.25) is 0 Å². The van der Waals surface area contributed by atoms with Crippen LogP contribution in [-0.4, -0.2) is 123 Å². The predicted octanol–water partition coefficient (Wildman–Crippen LogP) is -1.08. The summed E-state index contributed by atoms with van der Waals surface area (Å²) < 4.78 is 38.7. The standard InChI is InChI=1S/C29H34O16/c1-10-19(32)22(35)24(37)28(42-10)41-9-17-20(33)23(36)25(38)29(44-17)45-27-21(34)18-14(31)7-12(39-2)8-16(18)43-26(27)11-4-5-13(30)15(6-11)40-3/h4-8,10,17,19-20,22-25,28-33,35-38H,9H2,1-3H3/t10?,17?,19-,20+,22-,23?,24?,25-,28+,29-/m0/s1. The number of hydrogen-bond donors (Lipinski definition) is 8. The molecule has 0 amide bonds. The Hall–Kier alpha value is -3.71. The zero-order valence-electron chi connectivity index (χ0n) is 24.2. The largest absolute Gasteiger partial charge is 0.507 e. The Labute approximate surface area is 254 Å². The van der Waals surface area contributed by atoms with E-state index < -0.39 is 84.9 Å². The molecule has 16 nitrogen and oxygen atoms in total. The molecule has 2 fully saturated rings. The Bertz CT molecular complexity index is 1570. The molecule has 1 aromatic heterocycles. The molecular weight excluding hydrogens is 604 g/mol. The van der Waals surface area contributed by atoms with Crippen LogP contribution in [0.4, 0.5) is 0 Å². The first kappa shape index (κ1) is 32.7. The van der Waals surface area contributed by atoms with Crippen molar-refractivity contribution in [1.29, 1.82) is 0 Å². The van der Waals surface area contributed by atoms with Crippen molar-refractivity contribution in [2.24, 2.45) is 0 Å². The van der Waals surface area contributed by atoms with E-state index in [4.69, 9.17) is 32.8 Å². The lowest BCUT2D eigenvalue weighted by molar-refractivity contribution is -0.318. The van der Waals surface area contributed by atoms with E-state index in [0.717, 1.165) is 0 Å². The van der Waals surface area contributed by atoms with Gasteiger partial charge in [0.2, 0.25) is 17.5 Å². The molecule has 3 aromatic rings. The molecule has 0 bridgehead atoms. The van der Waals surface area contributed by atoms with E-state index in [1.807, 2.05) is 0 Å². The van der Waals surface area contributed by atoms with Crippen LogP contribution in [0, 0.1) is 0 Å². The van der Waals surface area contributed by atoms with E-state index in [2.05, 4.69) is 0 Å². The Morgan fingerprint density at radius 2 is 1.47 bits per heavy atom. The van der Waals surface area contributed by atoms with Gasteiger partial charge in [0, 0.05) is 17.7 Å². The van der Waals surface area contributed by atoms with Crippen molar-refractivity contribution in [1.82, 2.24) is 0 Å². The average molecular weight is 639 g/mol. The summed E-state index contributed by atoms with van der Waals surface area (Å²) in [6.45, 7) is 0.868. The maximum absolute atomic E-state index is 13.8. The number of phenolic OH excluding ortho intramolecular Hbond substituents is 2. The molecule has 2 saturated heterocycles. The third-order valence-electron chi connectivity index (χ3n) is 7.72. The molecule has 0 spiro atoms. The summed E-state index contributed by atoms with van der Waals surface area (Å²) in [6, 6.07) is 6.50. The van der Waals surface area contributed by atoms with E-state index in [9.17, 15) is 45.6 Å². The molecular formula is C29H34O16. The molecule has 8 N–H and O–H groups in total. The number of aliphatic hydroxyl groups excluding tert-OH is 6. The summed E-state index contributed by atoms with van der Waals surface area (Å²) in [5.74, 6) is -1.39. The van der Waals surface area contributed by atoms with Crippen molar-refractivity contribution in [2.75, 3.05) is 20.8 Å². The van der Waals surface area contributed by atoms with Gasteiger partial charge in [0.25, 0.3) is 0 Å². The van der Waals surface area contributed by atoms with Crippen molar-refractivity contribution in [3.63, 3.8) is 0 Å². The van der Waals surface area contributed by atoms with Gasteiger partial charge in [0.15, 0.2) is 23.5 Å². The second kappa shape index (κ2) is 13.0. The molecule has 45 heavy (non-hydrogen) atoms. The molecule has 3 heterocycles. The molecule has 2 aromatic carbocycles. The van der Waals surface area contributed by atoms with Crippen LogP contribution >= 0.6 is 0 Å². The number of benzene rings is 2. The van der Waals surface area contributed by atoms with E-state index in [0.29, 0.717) is 0 Å². The van der Waals surface area contributed by atoms with Gasteiger partial charge >= 0.3 is 0 Å². The van der Waals surface area contributed by atoms with Gasteiger partial charge in [0.05, 0.1) is 26.9 Å². The quantitative estimate of drug-likeness (QED) is 0.146. The van der Waals surface area contributed by atoms with E-state index >= 15 is 0 Å². The number of aliphatic hydroxyl groups is 6. The van der Waals surface area contributed by atoms with Crippen LogP contribution < -0.4 is 19.6 Å². The van der Waals surface area contributed by atoms with Gasteiger partial charge < -0.3 is 73.7 Å². The third kappa shape index (κ3) is 6.11. The Balaban J connectivity index is 1.50. The monoisotopic (exact) mass is 638 g/mol. The second-order valence-corrected chi connectivity index (χ2v) is 10.6. The van der Waals surface area contributed by atoms with E-state index in [-0.39, 0.29) is 39.5 Å². The van der Waals surface area contributed by atoms with Crippen molar-refractivity contribution >= 4 is 11.0 Å². The molecule has 0 radical (unpaired) electrons. The highest BCUT2D eigenvalue weighted by Crippen LogP contribution is 2.40. The van der Waals surface area contributed by atoms with Crippen LogP contribution in [0.15, 0.2) is 39.5 Å². The summed E-state index contributed by atoms with van der Waals surface area (Å²) >= 11 is 0. The lowest BCUT2D eigenvalue weighted by Gasteiger charge is -2.42. The summed E-state index contributed by atoms with van der Waals surface area (Å²) in [5, 5.41) is 82.6. The van der Waals surface area contributed by atoms with Gasteiger partial charge in [-0.3, -0.25) is 4.79 Å². The molecule has 4 unspecified atom stereocenters. The Morgan fingerprint density at radius 3 is 2.16 bits per heavy atom. The molecule has 16 heteroatoms. The summed E-state index contributed by atoms with van der Waals surface area (Å²) in [4.78, 5) is 13.8. The maximum atomic E-state index is 13.8. The van der Waals surface area contributed by atoms with Gasteiger partial charge in [0.1, 0.15) is 65.2 Å². The van der Waals surface area contributed by atoms with Crippen LogP contribution in [-0.2, 0) is 14.2 Å². The minimum absolute atomic E-state index is 0.0125. The van der Waals surface area contributed by atoms with Gasteiger partial charge in [-0.05, 0) is 25.1 Å². The molecule has 10 atom stereocenters. The molecule has 5 rings (SSSR count). The zero-order valence-corrected chi connectivity index (χ0v) is 24.2. The van der Waals surface area contributed by atoms with Gasteiger partial charge in [-0.2, -0.15) is 0 Å². The fourth-order valence-electron chi connectivity index (χ4n) is 5.10. The first-order valence-electron chi connectivity index (χ1n) is 13.8. The van der Waals surface area contributed by atoms with Gasteiger partial charge in [-0.15, -0.1) is 0 Å². The first-order valence-corrected chi connectivity index (χ1v) is 13.8. The average Bonchev–Trinajstić information content (AvgIpc) is 3.02. The number of methoxy groups -OCH3 is 2. The molecule has 246 valence electrons. The van der Waals surface area contributed by atoms with Crippen molar-refractivity contribution < 1.29 is 73.7 Å². The summed E-state index contributed by atoms with van der Waals surface area (Å²) in [6.07, 6.45) is -15.9. The molecule has 2 aliphatic heterocycles. The topological polar surface area (TPSA) is 247 Å². The third-order valence-corrected chi connectivity index (χ3v) is 7.72. The lowest BCUT2D eigenvalue weighted by atomic mass is 9.98. The van der Waals surface area contributed by atoms with Gasteiger partial charge in [-0.25, -0.2) is 0 Å². The van der Waals surface area contributed by atoms with Crippen molar-refractivity contribution in [3.05, 3.63) is 40.6 Å². The van der Waals surface area contributed by atoms with E-state index in [1.165, 1.54) is 51.5 Å². The number of fused-ring (bicyclic) bond motifs is 1. The number of ether oxygens (including phenoxy) is 6. The van der Waals surface area contributed by atoms with Crippen LogP contribution in [0.1, 0.15) is 6.92 Å². The van der Waals surface area contributed by atoms with Crippen LogP contribution in [0.25, 0.3) is 22.3 Å². The van der Waals surface area contributed by atoms with Gasteiger partial charge in [-0.1, -0.05) is 0 Å². The maximum Gasteiger partial charge on any atom is 0.239 e. The fraction of sp³-hybridized carbons (Fsp3) is 0.483. The lowest BCUT2D eigenvalue weighted by Crippen LogP contribution is -2.61. The summed E-state index contributed by atoms with van der Waals surface area (Å²) in [5.41, 5.74) is -0.862. The fourth-order valence-corrected chi connectivity index (χ4v) is 5.10. The minimum atomic E-state index is -1.92. The molecule has 0 saturated carbocycles. The highest BCUT2D eigenvalue weighted by Gasteiger charge is 2.47. The number of phenols is 2. The zero-order chi connectivity index (χ0) is 32.7. The van der Waals surface area contributed by atoms with Crippen LogP contribution in [0.5, 0.6) is 28.7 Å². The van der Waals surface area contributed by atoms with Crippen LogP contribution in [0.3, 0.4) is 0 Å². The van der Waals surface area contributed by atoms with Crippen molar-refractivity contribution in [2.45, 2.75) is 68.3 Å². The summed E-state index contributed by atoms with van der Waals surface area (Å²) in [7, 11) is 2.65. The Morgan fingerprint density at radius 1 is 0.778 bits per heavy atom. The Kier molecular flexibility index (Phi) is 9.41. The van der Waals surface area contributed by atoms with E-state index in [1.54, 1.807) is 0 Å². The second-order valence-electron chi connectivity index (χ2n) is 10.6. The SMILES string of the molecule is COc1cc(O)c2c(=O)c(O[C@@H]3OC(CO[C@@H]4OC(C)[C@H](O)[C@H](O)C4O)[C@@H](O)C(O)[C@@H]3O)c(-c3ccc(O)c(OC)c3)oc2c1. The smallest absolute Gasteiger partial charge is 0.239 e. The van der Waals surface area contributed by atoms with Crippen molar-refractivity contribution in [3.8, 4) is 40.1 Å². The normalized spacial score (nSPS) is 31.9. The highest BCUT2D eigenvalue weighted by atomic mass is 16.7. The number of rotatable bonds is 8. The highest BCUT2D eigenvalue weighted by molar-refractivity contribution is 5.88. The number of aromatic hydroxyl groups is 2. The predicted molar refractivity (Wildman–Crippen MR) is 150 cm³/mol. The molecule has 0 aliphatic carbocycles. The number of hydrogen-bond acceptors (Lipinski definition) is 16. The molecule has 2 aliphatic rings. The first-order chi connectivity index (χ1) is 21.4. The minimum Gasteiger partial charge on any atom is -0.507 e.